The molecule has 0 atom stereocenters. The molecule has 5 heteroatoms. The minimum absolute atomic E-state index is 0.144. The van der Waals surface area contributed by atoms with Gasteiger partial charge < -0.3 is 5.73 Å². The zero-order valence-electron chi connectivity index (χ0n) is 17.8. The first-order chi connectivity index (χ1) is 14.4. The molecule has 0 spiro atoms. The maximum Gasteiger partial charge on any atom is 0.168 e. The molecule has 1 aliphatic rings. The fraction of sp³-hybridized carbons (Fsp3) is 0.320. The van der Waals surface area contributed by atoms with Crippen LogP contribution < -0.4 is 5.73 Å². The Kier molecular flexibility index (Phi) is 4.26. The van der Waals surface area contributed by atoms with Gasteiger partial charge in [0.15, 0.2) is 11.5 Å². The highest BCUT2D eigenvalue weighted by atomic mass is 15.2. The van der Waals surface area contributed by atoms with E-state index in [0.29, 0.717) is 5.82 Å². The van der Waals surface area contributed by atoms with Gasteiger partial charge in [-0.1, -0.05) is 63.2 Å². The van der Waals surface area contributed by atoms with Crippen molar-refractivity contribution in [3.63, 3.8) is 0 Å². The predicted octanol–water partition coefficient (Wildman–Crippen LogP) is 5.12. The first kappa shape index (κ1) is 18.9. The van der Waals surface area contributed by atoms with Crippen LogP contribution in [0.4, 0.5) is 0 Å². The lowest BCUT2D eigenvalue weighted by Crippen LogP contribution is -2.43. The second-order valence-electron chi connectivity index (χ2n) is 9.35. The molecule has 2 aromatic carbocycles. The average Bonchev–Trinajstić information content (AvgIpc) is 3.12. The summed E-state index contributed by atoms with van der Waals surface area (Å²) < 4.78 is 2.16. The van der Waals surface area contributed by atoms with Gasteiger partial charge in [0, 0.05) is 22.2 Å². The Hall–Kier alpha value is -3.05. The van der Waals surface area contributed by atoms with Crippen LogP contribution in [0.15, 0.2) is 60.8 Å². The number of rotatable bonds is 3. The second-order valence-corrected chi connectivity index (χ2v) is 9.35. The van der Waals surface area contributed by atoms with Gasteiger partial charge in [-0.25, -0.2) is 15.0 Å². The fourth-order valence-corrected chi connectivity index (χ4v) is 4.14. The van der Waals surface area contributed by atoms with E-state index in [2.05, 4.69) is 54.6 Å². The van der Waals surface area contributed by atoms with Crippen molar-refractivity contribution in [1.82, 2.24) is 19.5 Å². The second kappa shape index (κ2) is 6.74. The Labute approximate surface area is 177 Å². The highest BCUT2D eigenvalue weighted by Gasteiger charge is 2.34. The molecule has 2 N–H and O–H groups in total. The third kappa shape index (κ3) is 3.10. The van der Waals surface area contributed by atoms with Crippen LogP contribution in [0.2, 0.25) is 0 Å². The Morgan fingerprint density at radius 3 is 2.23 bits per heavy atom. The molecule has 0 amide bonds. The van der Waals surface area contributed by atoms with E-state index in [9.17, 15) is 0 Å². The summed E-state index contributed by atoms with van der Waals surface area (Å²) in [5.41, 5.74) is 11.1. The van der Waals surface area contributed by atoms with Gasteiger partial charge in [-0.15, -0.1) is 0 Å². The van der Waals surface area contributed by atoms with Gasteiger partial charge in [0.1, 0.15) is 11.3 Å². The summed E-state index contributed by atoms with van der Waals surface area (Å²) in [7, 11) is 0. The molecule has 0 radical (unpaired) electrons. The standard InChI is InChI=1S/C25H27N5/c1-24(2,3)23-28-20-16-27-21(17-8-5-4-6-9-17)29-22(20)30(23)19-12-10-18(11-13-19)25(26)14-7-15-25/h4-6,8-13,16H,7,14-15,26H2,1-3H3. The Balaban J connectivity index is 1.68. The summed E-state index contributed by atoms with van der Waals surface area (Å²) in [5, 5.41) is 0. The van der Waals surface area contributed by atoms with Crippen LogP contribution in [0.3, 0.4) is 0 Å². The zero-order chi connectivity index (χ0) is 20.9. The van der Waals surface area contributed by atoms with Crippen LogP contribution >= 0.6 is 0 Å². The smallest absolute Gasteiger partial charge is 0.168 e. The number of aromatic nitrogens is 4. The summed E-state index contributed by atoms with van der Waals surface area (Å²) in [6.07, 6.45) is 5.15. The molecule has 0 unspecified atom stereocenters. The lowest BCUT2D eigenvalue weighted by molar-refractivity contribution is 0.253. The van der Waals surface area contributed by atoms with Gasteiger partial charge in [-0.2, -0.15) is 0 Å². The molecular weight excluding hydrogens is 370 g/mol. The SMILES string of the molecule is CC(C)(C)c1nc2cnc(-c3ccccc3)nc2n1-c1ccc(C2(N)CCC2)cc1. The molecule has 0 bridgehead atoms. The molecule has 2 aromatic heterocycles. The lowest BCUT2D eigenvalue weighted by Gasteiger charge is -2.38. The van der Waals surface area contributed by atoms with Crippen molar-refractivity contribution < 1.29 is 0 Å². The van der Waals surface area contributed by atoms with Crippen molar-refractivity contribution in [2.45, 2.75) is 51.0 Å². The van der Waals surface area contributed by atoms with Crippen molar-refractivity contribution in [3.8, 4) is 17.1 Å². The Morgan fingerprint density at radius 2 is 1.63 bits per heavy atom. The number of imidazole rings is 1. The number of hydrogen-bond acceptors (Lipinski definition) is 4. The van der Waals surface area contributed by atoms with E-state index in [1.54, 1.807) is 0 Å². The van der Waals surface area contributed by atoms with E-state index in [0.717, 1.165) is 41.1 Å². The quantitative estimate of drug-likeness (QED) is 0.521. The van der Waals surface area contributed by atoms with Gasteiger partial charge in [-0.05, 0) is 37.0 Å². The van der Waals surface area contributed by atoms with Gasteiger partial charge in [0.2, 0.25) is 0 Å². The molecule has 0 aliphatic heterocycles. The average molecular weight is 398 g/mol. The highest BCUT2D eigenvalue weighted by Crippen LogP contribution is 2.39. The third-order valence-corrected chi connectivity index (χ3v) is 6.05. The largest absolute Gasteiger partial charge is 0.321 e. The van der Waals surface area contributed by atoms with Crippen LogP contribution in [-0.4, -0.2) is 19.5 Å². The number of hydrogen-bond donors (Lipinski definition) is 1. The maximum atomic E-state index is 6.53. The molecule has 152 valence electrons. The van der Waals surface area contributed by atoms with Gasteiger partial charge >= 0.3 is 0 Å². The summed E-state index contributed by atoms with van der Waals surface area (Å²) in [6, 6.07) is 18.7. The predicted molar refractivity (Wildman–Crippen MR) is 121 cm³/mol. The van der Waals surface area contributed by atoms with Crippen LogP contribution in [0, 0.1) is 0 Å². The fourth-order valence-electron chi connectivity index (χ4n) is 4.14. The summed E-state index contributed by atoms with van der Waals surface area (Å²) >= 11 is 0. The summed E-state index contributed by atoms with van der Waals surface area (Å²) in [5.74, 6) is 1.67. The van der Waals surface area contributed by atoms with Crippen molar-refractivity contribution in [2.24, 2.45) is 5.73 Å². The highest BCUT2D eigenvalue weighted by molar-refractivity contribution is 5.76. The van der Waals surface area contributed by atoms with Gasteiger partial charge in [0.05, 0.1) is 6.20 Å². The molecule has 30 heavy (non-hydrogen) atoms. The molecule has 5 nitrogen and oxygen atoms in total. The van der Waals surface area contributed by atoms with Crippen LogP contribution in [0.1, 0.15) is 51.4 Å². The molecule has 1 saturated carbocycles. The molecule has 0 saturated heterocycles. The molecular formula is C25H27N5. The minimum atomic E-state index is -0.162. The third-order valence-electron chi connectivity index (χ3n) is 6.05. The molecule has 5 rings (SSSR count). The van der Waals surface area contributed by atoms with Gasteiger partial charge in [-0.3, -0.25) is 4.57 Å². The normalized spacial score (nSPS) is 15.9. The van der Waals surface area contributed by atoms with E-state index in [1.165, 1.54) is 12.0 Å². The van der Waals surface area contributed by atoms with Crippen molar-refractivity contribution >= 4 is 11.2 Å². The zero-order valence-corrected chi connectivity index (χ0v) is 17.8. The van der Waals surface area contributed by atoms with E-state index in [4.69, 9.17) is 15.7 Å². The van der Waals surface area contributed by atoms with E-state index in [1.807, 2.05) is 36.5 Å². The van der Waals surface area contributed by atoms with Crippen molar-refractivity contribution in [1.29, 1.82) is 0 Å². The molecule has 1 aliphatic carbocycles. The monoisotopic (exact) mass is 397 g/mol. The Bertz CT molecular complexity index is 1200. The lowest BCUT2D eigenvalue weighted by atomic mass is 9.73. The first-order valence-corrected chi connectivity index (χ1v) is 10.6. The van der Waals surface area contributed by atoms with Crippen molar-refractivity contribution in [3.05, 3.63) is 72.2 Å². The maximum absolute atomic E-state index is 6.53. The van der Waals surface area contributed by atoms with E-state index in [-0.39, 0.29) is 11.0 Å². The van der Waals surface area contributed by atoms with Crippen LogP contribution in [-0.2, 0) is 11.0 Å². The number of nitrogens with zero attached hydrogens (tertiary/aromatic N) is 4. The van der Waals surface area contributed by atoms with E-state index >= 15 is 0 Å². The topological polar surface area (TPSA) is 69.6 Å². The summed E-state index contributed by atoms with van der Waals surface area (Å²) in [6.45, 7) is 6.52. The van der Waals surface area contributed by atoms with Crippen molar-refractivity contribution in [2.75, 3.05) is 0 Å². The first-order valence-electron chi connectivity index (χ1n) is 10.6. The number of benzene rings is 2. The van der Waals surface area contributed by atoms with Crippen LogP contribution in [0.25, 0.3) is 28.2 Å². The molecule has 2 heterocycles. The van der Waals surface area contributed by atoms with Crippen LogP contribution in [0.5, 0.6) is 0 Å². The summed E-state index contributed by atoms with van der Waals surface area (Å²) in [4.78, 5) is 14.4. The Morgan fingerprint density at radius 1 is 0.933 bits per heavy atom. The number of nitrogens with two attached hydrogens (primary N) is 1. The van der Waals surface area contributed by atoms with E-state index < -0.39 is 0 Å². The van der Waals surface area contributed by atoms with Gasteiger partial charge in [0.25, 0.3) is 0 Å². The minimum Gasteiger partial charge on any atom is -0.321 e. The molecule has 1 fully saturated rings. The number of fused-ring (bicyclic) bond motifs is 1. The molecule has 4 aromatic rings.